The van der Waals surface area contributed by atoms with E-state index in [0.29, 0.717) is 12.2 Å². The van der Waals surface area contributed by atoms with Gasteiger partial charge in [0.1, 0.15) is 0 Å². The van der Waals surface area contributed by atoms with Crippen molar-refractivity contribution in [2.24, 2.45) is 11.8 Å². The molecule has 1 fully saturated rings. The van der Waals surface area contributed by atoms with E-state index in [9.17, 15) is 0 Å². The number of hydrogen-bond acceptors (Lipinski definition) is 3. The number of hydrogen-bond donors (Lipinski definition) is 1. The standard InChI is InChI=1S/C15H32N2O/c1-12(2)8-16-9-14-6-7-15(18-14)11-17(5)10-13(3)4/h12-16H,6-11H2,1-5H3. The van der Waals surface area contributed by atoms with Gasteiger partial charge in [0.05, 0.1) is 12.2 Å². The lowest BCUT2D eigenvalue weighted by Gasteiger charge is -2.23. The maximum atomic E-state index is 6.09. The highest BCUT2D eigenvalue weighted by Crippen LogP contribution is 2.20. The van der Waals surface area contributed by atoms with Crippen LogP contribution in [-0.4, -0.2) is 50.3 Å². The van der Waals surface area contributed by atoms with Gasteiger partial charge in [0.15, 0.2) is 0 Å². The Hall–Kier alpha value is -0.120. The first kappa shape index (κ1) is 15.9. The first-order valence-corrected chi connectivity index (χ1v) is 7.52. The summed E-state index contributed by atoms with van der Waals surface area (Å²) in [5, 5.41) is 3.49. The maximum absolute atomic E-state index is 6.09. The summed E-state index contributed by atoms with van der Waals surface area (Å²) >= 11 is 0. The first-order chi connectivity index (χ1) is 8.47. The molecule has 1 N–H and O–H groups in total. The lowest BCUT2D eigenvalue weighted by atomic mass is 10.1. The SMILES string of the molecule is CC(C)CNCC1CCC(CN(C)CC(C)C)O1. The third-order valence-electron chi connectivity index (χ3n) is 3.31. The van der Waals surface area contributed by atoms with Crippen molar-refractivity contribution in [2.45, 2.75) is 52.7 Å². The van der Waals surface area contributed by atoms with E-state index in [1.807, 2.05) is 0 Å². The van der Waals surface area contributed by atoms with Gasteiger partial charge in [0.2, 0.25) is 0 Å². The minimum atomic E-state index is 0.432. The minimum Gasteiger partial charge on any atom is -0.372 e. The van der Waals surface area contributed by atoms with Crippen LogP contribution in [-0.2, 0) is 4.74 Å². The summed E-state index contributed by atoms with van der Waals surface area (Å²) in [5.74, 6) is 1.46. The first-order valence-electron chi connectivity index (χ1n) is 7.52. The predicted molar refractivity (Wildman–Crippen MR) is 77.9 cm³/mol. The van der Waals surface area contributed by atoms with Gasteiger partial charge in [-0.05, 0) is 38.3 Å². The molecule has 1 aliphatic rings. The Kier molecular flexibility index (Phi) is 7.20. The lowest BCUT2D eigenvalue weighted by molar-refractivity contribution is 0.0261. The van der Waals surface area contributed by atoms with Gasteiger partial charge in [0.25, 0.3) is 0 Å². The van der Waals surface area contributed by atoms with Crippen LogP contribution in [0.5, 0.6) is 0 Å². The highest BCUT2D eigenvalue weighted by Gasteiger charge is 2.25. The monoisotopic (exact) mass is 256 g/mol. The molecule has 0 aliphatic carbocycles. The number of nitrogens with one attached hydrogen (secondary N) is 1. The molecule has 1 aliphatic heterocycles. The third kappa shape index (κ3) is 6.72. The molecule has 2 unspecified atom stereocenters. The fourth-order valence-electron chi connectivity index (χ4n) is 2.64. The van der Waals surface area contributed by atoms with Crippen molar-refractivity contribution in [1.82, 2.24) is 10.2 Å². The molecular formula is C15H32N2O. The van der Waals surface area contributed by atoms with Crippen molar-refractivity contribution in [3.63, 3.8) is 0 Å². The van der Waals surface area contributed by atoms with Crippen LogP contribution in [0.1, 0.15) is 40.5 Å². The van der Waals surface area contributed by atoms with E-state index in [2.05, 4.69) is 45.0 Å². The van der Waals surface area contributed by atoms with Crippen molar-refractivity contribution in [1.29, 1.82) is 0 Å². The van der Waals surface area contributed by atoms with Gasteiger partial charge in [0, 0.05) is 19.6 Å². The van der Waals surface area contributed by atoms with E-state index in [-0.39, 0.29) is 0 Å². The highest BCUT2D eigenvalue weighted by atomic mass is 16.5. The number of likely N-dealkylation sites (N-methyl/N-ethyl adjacent to an activating group) is 1. The van der Waals surface area contributed by atoms with Crippen LogP contribution in [0.15, 0.2) is 0 Å². The van der Waals surface area contributed by atoms with Crippen LogP contribution >= 0.6 is 0 Å². The van der Waals surface area contributed by atoms with E-state index in [0.717, 1.165) is 38.0 Å². The smallest absolute Gasteiger partial charge is 0.0707 e. The molecule has 0 aromatic heterocycles. The van der Waals surface area contributed by atoms with Gasteiger partial charge in [-0.1, -0.05) is 27.7 Å². The second-order valence-electron chi connectivity index (χ2n) is 6.62. The Labute approximate surface area is 113 Å². The van der Waals surface area contributed by atoms with Gasteiger partial charge in [-0.2, -0.15) is 0 Å². The summed E-state index contributed by atoms with van der Waals surface area (Å²) < 4.78 is 6.09. The Morgan fingerprint density at radius 3 is 2.39 bits per heavy atom. The molecule has 0 saturated carbocycles. The molecule has 18 heavy (non-hydrogen) atoms. The van der Waals surface area contributed by atoms with E-state index in [1.54, 1.807) is 0 Å². The van der Waals surface area contributed by atoms with Crippen molar-refractivity contribution in [3.05, 3.63) is 0 Å². The summed E-state index contributed by atoms with van der Waals surface area (Å²) in [6.45, 7) is 13.4. The van der Waals surface area contributed by atoms with Gasteiger partial charge in [-0.3, -0.25) is 0 Å². The Balaban J connectivity index is 2.12. The number of rotatable bonds is 8. The second-order valence-corrected chi connectivity index (χ2v) is 6.62. The molecule has 1 saturated heterocycles. The van der Waals surface area contributed by atoms with Crippen molar-refractivity contribution >= 4 is 0 Å². The molecule has 3 heteroatoms. The molecule has 2 atom stereocenters. The zero-order valence-corrected chi connectivity index (χ0v) is 12.9. The van der Waals surface area contributed by atoms with Crippen molar-refractivity contribution < 1.29 is 4.74 Å². The van der Waals surface area contributed by atoms with Crippen LogP contribution < -0.4 is 5.32 Å². The number of nitrogens with zero attached hydrogens (tertiary/aromatic N) is 1. The zero-order chi connectivity index (χ0) is 13.5. The highest BCUT2D eigenvalue weighted by molar-refractivity contribution is 4.77. The topological polar surface area (TPSA) is 24.5 Å². The molecule has 0 amide bonds. The Bertz CT molecular complexity index is 219. The summed E-state index contributed by atoms with van der Waals surface area (Å²) in [5.41, 5.74) is 0. The molecule has 108 valence electrons. The van der Waals surface area contributed by atoms with Crippen LogP contribution in [0.2, 0.25) is 0 Å². The van der Waals surface area contributed by atoms with Crippen molar-refractivity contribution in [3.8, 4) is 0 Å². The largest absolute Gasteiger partial charge is 0.372 e. The van der Waals surface area contributed by atoms with E-state index >= 15 is 0 Å². The Morgan fingerprint density at radius 1 is 1.11 bits per heavy atom. The van der Waals surface area contributed by atoms with E-state index in [1.165, 1.54) is 12.8 Å². The maximum Gasteiger partial charge on any atom is 0.0707 e. The predicted octanol–water partition coefficient (Wildman–Crippen LogP) is 2.37. The van der Waals surface area contributed by atoms with Crippen molar-refractivity contribution in [2.75, 3.05) is 33.2 Å². The molecule has 3 nitrogen and oxygen atoms in total. The lowest BCUT2D eigenvalue weighted by Crippen LogP contribution is -2.34. The summed E-state index contributed by atoms with van der Waals surface area (Å²) in [4.78, 5) is 2.40. The van der Waals surface area contributed by atoms with Gasteiger partial charge in [-0.25, -0.2) is 0 Å². The normalized spacial score (nSPS) is 24.7. The summed E-state index contributed by atoms with van der Waals surface area (Å²) in [6, 6.07) is 0. The van der Waals surface area contributed by atoms with Crippen LogP contribution in [0, 0.1) is 11.8 Å². The van der Waals surface area contributed by atoms with E-state index in [4.69, 9.17) is 4.74 Å². The van der Waals surface area contributed by atoms with Gasteiger partial charge in [-0.15, -0.1) is 0 Å². The molecule has 1 heterocycles. The average Bonchev–Trinajstić information content (AvgIpc) is 2.63. The number of ether oxygens (including phenoxy) is 1. The average molecular weight is 256 g/mol. The van der Waals surface area contributed by atoms with Crippen LogP contribution in [0.4, 0.5) is 0 Å². The molecule has 0 aromatic rings. The van der Waals surface area contributed by atoms with Crippen LogP contribution in [0.25, 0.3) is 0 Å². The minimum absolute atomic E-state index is 0.432. The molecular weight excluding hydrogens is 224 g/mol. The fourth-order valence-corrected chi connectivity index (χ4v) is 2.64. The van der Waals surface area contributed by atoms with Gasteiger partial charge >= 0.3 is 0 Å². The zero-order valence-electron chi connectivity index (χ0n) is 12.9. The quantitative estimate of drug-likeness (QED) is 0.721. The van der Waals surface area contributed by atoms with E-state index < -0.39 is 0 Å². The van der Waals surface area contributed by atoms with Crippen LogP contribution in [0.3, 0.4) is 0 Å². The second kappa shape index (κ2) is 8.13. The molecule has 0 aromatic carbocycles. The summed E-state index contributed by atoms with van der Waals surface area (Å²) in [6.07, 6.45) is 3.31. The molecule has 0 bridgehead atoms. The third-order valence-corrected chi connectivity index (χ3v) is 3.31. The molecule has 0 radical (unpaired) electrons. The summed E-state index contributed by atoms with van der Waals surface area (Å²) in [7, 11) is 2.20. The fraction of sp³-hybridized carbons (Fsp3) is 1.00. The molecule has 0 spiro atoms. The molecule has 1 rings (SSSR count). The Morgan fingerprint density at radius 2 is 1.78 bits per heavy atom. The van der Waals surface area contributed by atoms with Gasteiger partial charge < -0.3 is 15.0 Å².